The number of rotatable bonds is 2. The quantitative estimate of drug-likeness (QED) is 0.916. The Labute approximate surface area is 118 Å². The largest absolute Gasteiger partial charge is 0.321 e. The summed E-state index contributed by atoms with van der Waals surface area (Å²) >= 11 is 5.76. The van der Waals surface area contributed by atoms with Gasteiger partial charge in [-0.1, -0.05) is 17.7 Å². The van der Waals surface area contributed by atoms with E-state index in [2.05, 4.69) is 5.32 Å². The number of carbonyl (C=O) groups is 1. The van der Waals surface area contributed by atoms with Crippen molar-refractivity contribution in [2.45, 2.75) is 0 Å². The summed E-state index contributed by atoms with van der Waals surface area (Å²) in [4.78, 5) is 12.0. The average Bonchev–Trinajstić information content (AvgIpc) is 2.38. The lowest BCUT2D eigenvalue weighted by Gasteiger charge is -2.08. The molecule has 0 bridgehead atoms. The Hall–Kier alpha value is -2.45. The molecular formula is C14H7ClF2N2O. The summed E-state index contributed by atoms with van der Waals surface area (Å²) in [7, 11) is 0. The maximum atomic E-state index is 13.4. The monoisotopic (exact) mass is 292 g/mol. The molecule has 2 aromatic rings. The molecule has 2 rings (SSSR count). The van der Waals surface area contributed by atoms with Crippen molar-refractivity contribution in [3.05, 3.63) is 64.2 Å². The average molecular weight is 293 g/mol. The van der Waals surface area contributed by atoms with Crippen LogP contribution in [0.15, 0.2) is 36.4 Å². The lowest BCUT2D eigenvalue weighted by molar-refractivity contribution is 0.102. The molecule has 0 saturated heterocycles. The second-order valence-corrected chi connectivity index (χ2v) is 4.26. The summed E-state index contributed by atoms with van der Waals surface area (Å²) in [6.45, 7) is 0. The lowest BCUT2D eigenvalue weighted by Crippen LogP contribution is -2.14. The predicted octanol–water partition coefficient (Wildman–Crippen LogP) is 3.74. The van der Waals surface area contributed by atoms with Gasteiger partial charge in [-0.25, -0.2) is 8.78 Å². The molecule has 0 fully saturated rings. The van der Waals surface area contributed by atoms with Crippen LogP contribution in [0.25, 0.3) is 0 Å². The van der Waals surface area contributed by atoms with E-state index in [1.807, 2.05) is 0 Å². The zero-order valence-electron chi connectivity index (χ0n) is 9.95. The van der Waals surface area contributed by atoms with Gasteiger partial charge in [0.2, 0.25) is 0 Å². The molecule has 0 unspecified atom stereocenters. The first-order valence-electron chi connectivity index (χ1n) is 5.48. The van der Waals surface area contributed by atoms with Crippen molar-refractivity contribution in [1.82, 2.24) is 0 Å². The SMILES string of the molecule is N#Cc1c(F)cccc1NC(=O)c1ccc(F)cc1Cl. The van der Waals surface area contributed by atoms with Gasteiger partial charge in [-0.3, -0.25) is 4.79 Å². The Kier molecular flexibility index (Phi) is 3.97. The van der Waals surface area contributed by atoms with Crippen LogP contribution < -0.4 is 5.32 Å². The van der Waals surface area contributed by atoms with Crippen molar-refractivity contribution in [1.29, 1.82) is 5.26 Å². The van der Waals surface area contributed by atoms with Crippen molar-refractivity contribution >= 4 is 23.2 Å². The van der Waals surface area contributed by atoms with Crippen LogP contribution in [0.1, 0.15) is 15.9 Å². The lowest BCUT2D eigenvalue weighted by atomic mass is 10.1. The first kappa shape index (κ1) is 14.0. The van der Waals surface area contributed by atoms with E-state index in [4.69, 9.17) is 16.9 Å². The van der Waals surface area contributed by atoms with Gasteiger partial charge in [0.25, 0.3) is 5.91 Å². The van der Waals surface area contributed by atoms with E-state index in [-0.39, 0.29) is 21.8 Å². The Morgan fingerprint density at radius 3 is 2.65 bits per heavy atom. The molecule has 0 radical (unpaired) electrons. The van der Waals surface area contributed by atoms with E-state index >= 15 is 0 Å². The fraction of sp³-hybridized carbons (Fsp3) is 0. The molecule has 0 aliphatic heterocycles. The zero-order valence-corrected chi connectivity index (χ0v) is 10.7. The van der Waals surface area contributed by atoms with Crippen molar-refractivity contribution in [2.75, 3.05) is 5.32 Å². The van der Waals surface area contributed by atoms with Crippen LogP contribution in [0.5, 0.6) is 0 Å². The number of nitrogens with zero attached hydrogens (tertiary/aromatic N) is 1. The third kappa shape index (κ3) is 2.76. The molecule has 100 valence electrons. The van der Waals surface area contributed by atoms with Gasteiger partial charge >= 0.3 is 0 Å². The third-order valence-corrected chi connectivity index (χ3v) is 2.86. The summed E-state index contributed by atoms with van der Waals surface area (Å²) in [6, 6.07) is 8.80. The second-order valence-electron chi connectivity index (χ2n) is 3.85. The first-order valence-corrected chi connectivity index (χ1v) is 5.85. The number of nitriles is 1. The number of anilines is 1. The maximum Gasteiger partial charge on any atom is 0.257 e. The van der Waals surface area contributed by atoms with E-state index in [1.54, 1.807) is 6.07 Å². The maximum absolute atomic E-state index is 13.4. The molecular weight excluding hydrogens is 286 g/mol. The molecule has 1 amide bonds. The van der Waals surface area contributed by atoms with E-state index in [0.717, 1.165) is 18.2 Å². The number of amides is 1. The van der Waals surface area contributed by atoms with Crippen LogP contribution in [0, 0.1) is 23.0 Å². The minimum absolute atomic E-state index is 0.0258. The summed E-state index contributed by atoms with van der Waals surface area (Å²) in [6.07, 6.45) is 0. The number of hydrogen-bond donors (Lipinski definition) is 1. The van der Waals surface area contributed by atoms with Gasteiger partial charge in [0.1, 0.15) is 23.3 Å². The standard InChI is InChI=1S/C14H7ClF2N2O/c15-11-6-8(16)4-5-9(11)14(20)19-13-3-1-2-12(17)10(13)7-18/h1-6H,(H,19,20). The topological polar surface area (TPSA) is 52.9 Å². The Bertz CT molecular complexity index is 726. The van der Waals surface area contributed by atoms with Crippen LogP contribution in [-0.2, 0) is 0 Å². The highest BCUT2D eigenvalue weighted by Gasteiger charge is 2.14. The van der Waals surface area contributed by atoms with Crippen LogP contribution in [0.3, 0.4) is 0 Å². The Morgan fingerprint density at radius 2 is 2.00 bits per heavy atom. The number of hydrogen-bond acceptors (Lipinski definition) is 2. The molecule has 20 heavy (non-hydrogen) atoms. The molecule has 0 spiro atoms. The number of halogens is 3. The Balaban J connectivity index is 2.33. The second kappa shape index (κ2) is 5.68. The van der Waals surface area contributed by atoms with Crippen molar-refractivity contribution < 1.29 is 13.6 Å². The third-order valence-electron chi connectivity index (χ3n) is 2.55. The van der Waals surface area contributed by atoms with E-state index in [0.29, 0.717) is 0 Å². The minimum atomic E-state index is -0.740. The van der Waals surface area contributed by atoms with Crippen LogP contribution in [0.4, 0.5) is 14.5 Å². The molecule has 3 nitrogen and oxygen atoms in total. The zero-order chi connectivity index (χ0) is 14.7. The molecule has 0 aliphatic rings. The van der Waals surface area contributed by atoms with Gasteiger partial charge in [-0.05, 0) is 30.3 Å². The Morgan fingerprint density at radius 1 is 1.25 bits per heavy atom. The van der Waals surface area contributed by atoms with Gasteiger partial charge in [-0.15, -0.1) is 0 Å². The molecule has 0 atom stereocenters. The van der Waals surface area contributed by atoms with E-state index in [9.17, 15) is 13.6 Å². The fourth-order valence-electron chi connectivity index (χ4n) is 1.61. The van der Waals surface area contributed by atoms with Gasteiger partial charge in [0, 0.05) is 0 Å². The normalized spacial score (nSPS) is 9.90. The van der Waals surface area contributed by atoms with Crippen molar-refractivity contribution in [3.63, 3.8) is 0 Å². The minimum Gasteiger partial charge on any atom is -0.321 e. The van der Waals surface area contributed by atoms with Crippen LogP contribution in [0.2, 0.25) is 5.02 Å². The molecule has 1 N–H and O–H groups in total. The molecule has 0 aromatic heterocycles. The van der Waals surface area contributed by atoms with Crippen molar-refractivity contribution in [2.24, 2.45) is 0 Å². The molecule has 0 saturated carbocycles. The van der Waals surface area contributed by atoms with Gasteiger partial charge in [-0.2, -0.15) is 5.26 Å². The number of carbonyl (C=O) groups excluding carboxylic acids is 1. The predicted molar refractivity (Wildman–Crippen MR) is 70.5 cm³/mol. The van der Waals surface area contributed by atoms with Gasteiger partial charge < -0.3 is 5.32 Å². The van der Waals surface area contributed by atoms with E-state index < -0.39 is 17.5 Å². The molecule has 0 heterocycles. The molecule has 0 aliphatic carbocycles. The summed E-state index contributed by atoms with van der Waals surface area (Å²) < 4.78 is 26.3. The smallest absolute Gasteiger partial charge is 0.257 e. The molecule has 2 aromatic carbocycles. The number of benzene rings is 2. The first-order chi connectivity index (χ1) is 9.52. The van der Waals surface area contributed by atoms with Gasteiger partial charge in [0.15, 0.2) is 0 Å². The summed E-state index contributed by atoms with van der Waals surface area (Å²) in [5.74, 6) is -1.97. The highest BCUT2D eigenvalue weighted by atomic mass is 35.5. The van der Waals surface area contributed by atoms with E-state index in [1.165, 1.54) is 18.2 Å². The van der Waals surface area contributed by atoms with Crippen LogP contribution >= 0.6 is 11.6 Å². The fourth-order valence-corrected chi connectivity index (χ4v) is 1.86. The highest BCUT2D eigenvalue weighted by molar-refractivity contribution is 6.34. The summed E-state index contributed by atoms with van der Waals surface area (Å²) in [5.41, 5.74) is -0.224. The van der Waals surface area contributed by atoms with Gasteiger partial charge in [0.05, 0.1) is 16.3 Å². The summed E-state index contributed by atoms with van der Waals surface area (Å²) in [5, 5.41) is 11.2. The van der Waals surface area contributed by atoms with Crippen LogP contribution in [-0.4, -0.2) is 5.91 Å². The molecule has 6 heteroatoms. The number of nitrogens with one attached hydrogen (secondary N) is 1. The highest BCUT2D eigenvalue weighted by Crippen LogP contribution is 2.22. The van der Waals surface area contributed by atoms with Crippen molar-refractivity contribution in [3.8, 4) is 6.07 Å².